The predicted octanol–water partition coefficient (Wildman–Crippen LogP) is 6.00. The number of urea groups is 1. The van der Waals surface area contributed by atoms with Crippen LogP contribution in [-0.2, 0) is 40.2 Å². The molecule has 0 spiro atoms. The smallest absolute Gasteiger partial charge is 0.407 e. The average molecular weight is 781 g/mol. The van der Waals surface area contributed by atoms with Crippen LogP contribution >= 0.6 is 22.7 Å². The molecule has 0 radical (unpaired) electrons. The summed E-state index contributed by atoms with van der Waals surface area (Å²) in [7, 11) is 1.69. The van der Waals surface area contributed by atoms with Crippen LogP contribution < -0.4 is 16.0 Å². The van der Waals surface area contributed by atoms with Gasteiger partial charge in [-0.05, 0) is 43.2 Å². The average Bonchev–Trinajstić information content (AvgIpc) is 3.81. The normalized spacial score (nSPS) is 16.2. The molecule has 0 unspecified atom stereocenters. The lowest BCUT2D eigenvalue weighted by Gasteiger charge is -2.30. The summed E-state index contributed by atoms with van der Waals surface area (Å²) in [6.45, 7) is 5.05. The molecule has 1 saturated heterocycles. The number of hydrogen-bond acceptors (Lipinski definition) is 10. The first kappa shape index (κ1) is 35.3. The number of nitrogens with zero attached hydrogens (tertiary/aromatic N) is 4. The number of aromatic nitrogens is 2. The summed E-state index contributed by atoms with van der Waals surface area (Å²) in [5, 5.41) is 12.0. The molecule has 3 atom stereocenters. The van der Waals surface area contributed by atoms with Crippen LogP contribution in [0.5, 0.6) is 0 Å². The van der Waals surface area contributed by atoms with Crippen LogP contribution in [0, 0.1) is 0 Å². The van der Waals surface area contributed by atoms with Gasteiger partial charge in [0.25, 0.3) is 0 Å². The van der Waals surface area contributed by atoms with Crippen molar-refractivity contribution in [2.75, 3.05) is 39.9 Å². The number of ether oxygens (including phenoxy) is 2. The summed E-state index contributed by atoms with van der Waals surface area (Å²) >= 11 is 2.20. The zero-order valence-corrected chi connectivity index (χ0v) is 32.7. The van der Waals surface area contributed by atoms with Crippen molar-refractivity contribution in [3.8, 4) is 0 Å². The molecule has 3 heterocycles. The number of carbonyl (C=O) groups excluding carboxylic acids is 3. The molecule has 0 saturated carbocycles. The lowest BCUT2D eigenvalue weighted by molar-refractivity contribution is -0.124. The van der Waals surface area contributed by atoms with Gasteiger partial charge in [-0.3, -0.25) is 14.7 Å². The molecule has 12 nitrogen and oxygen atoms in total. The van der Waals surface area contributed by atoms with Crippen molar-refractivity contribution in [1.29, 1.82) is 0 Å². The SMILES string of the molecule is [2H]c1nc([2H])c([13C]([2H])([2H])OC(=O)N[C@H](CC[C@H](Cc2ccccc2)NC(=O)[C@H](CCN2CCOCC2)NC(=O)N(C)Cc2csc(C(C)C)n2)Cc2ccccc2)s1. The Morgan fingerprint density at radius 3 is 2.19 bits per heavy atom. The Kier molecular flexibility index (Phi) is 14.1. The fourth-order valence-electron chi connectivity index (χ4n) is 6.09. The molecule has 290 valence electrons. The quantitative estimate of drug-likeness (QED) is 0.0987. The highest BCUT2D eigenvalue weighted by Crippen LogP contribution is 2.20. The third-order valence-electron chi connectivity index (χ3n) is 9.03. The zero-order valence-electron chi connectivity index (χ0n) is 35.1. The van der Waals surface area contributed by atoms with Crippen LogP contribution in [-0.4, -0.2) is 95.8 Å². The first-order chi connectivity index (χ1) is 27.8. The second kappa shape index (κ2) is 21.5. The van der Waals surface area contributed by atoms with E-state index in [1.165, 1.54) is 4.90 Å². The molecule has 0 bridgehead atoms. The highest BCUT2D eigenvalue weighted by atomic mass is 32.1. The Bertz CT molecular complexity index is 1920. The molecule has 2 aromatic carbocycles. The van der Waals surface area contributed by atoms with E-state index in [-0.39, 0.29) is 28.2 Å². The Labute approximate surface area is 332 Å². The number of alkyl carbamates (subject to hydrolysis) is 1. The molecule has 54 heavy (non-hydrogen) atoms. The fourth-order valence-corrected chi connectivity index (χ4v) is 7.27. The van der Waals surface area contributed by atoms with Crippen LogP contribution in [0.3, 0.4) is 0 Å². The highest BCUT2D eigenvalue weighted by molar-refractivity contribution is 7.09. The number of carbonyl (C=O) groups is 3. The van der Waals surface area contributed by atoms with Gasteiger partial charge in [-0.2, -0.15) is 0 Å². The molecule has 0 aliphatic carbocycles. The molecule has 4 aromatic rings. The minimum absolute atomic E-state index is 0.257. The van der Waals surface area contributed by atoms with E-state index in [0.29, 0.717) is 69.7 Å². The molecule has 2 aromatic heterocycles. The maximum Gasteiger partial charge on any atom is 0.407 e. The first-order valence-electron chi connectivity index (χ1n) is 20.3. The largest absolute Gasteiger partial charge is 0.444 e. The number of benzene rings is 2. The summed E-state index contributed by atoms with van der Waals surface area (Å²) in [5.41, 5.74) is 2.46. The molecule has 4 amide bonds. The van der Waals surface area contributed by atoms with Crippen molar-refractivity contribution < 1.29 is 29.3 Å². The van der Waals surface area contributed by atoms with Crippen molar-refractivity contribution in [2.24, 2.45) is 0 Å². The molecular formula is C40H53N7O5S2. The topological polar surface area (TPSA) is 138 Å². The number of nitrogens with one attached hydrogen (secondary N) is 3. The van der Waals surface area contributed by atoms with E-state index in [4.69, 9.17) is 15.0 Å². The van der Waals surface area contributed by atoms with Crippen molar-refractivity contribution in [3.05, 3.63) is 104 Å². The van der Waals surface area contributed by atoms with Gasteiger partial charge in [0.2, 0.25) is 5.91 Å². The lowest BCUT2D eigenvalue weighted by atomic mass is 9.95. The molecule has 5 rings (SSSR count). The highest BCUT2D eigenvalue weighted by Gasteiger charge is 2.27. The number of rotatable bonds is 19. The van der Waals surface area contributed by atoms with Crippen LogP contribution in [0.1, 0.15) is 71.2 Å². The van der Waals surface area contributed by atoms with Gasteiger partial charge < -0.3 is 30.3 Å². The van der Waals surface area contributed by atoms with Crippen LogP contribution in [0.2, 0.25) is 0 Å². The first-order valence-corrected chi connectivity index (χ1v) is 20.0. The van der Waals surface area contributed by atoms with Gasteiger partial charge in [0, 0.05) is 56.2 Å². The van der Waals surface area contributed by atoms with Gasteiger partial charge in [0.15, 0.2) is 0 Å². The summed E-state index contributed by atoms with van der Waals surface area (Å²) < 4.78 is 43.0. The van der Waals surface area contributed by atoms with Gasteiger partial charge in [-0.15, -0.1) is 22.7 Å². The number of thiazole rings is 2. The third-order valence-corrected chi connectivity index (χ3v) is 10.8. The predicted molar refractivity (Wildman–Crippen MR) is 213 cm³/mol. The van der Waals surface area contributed by atoms with Crippen molar-refractivity contribution >= 4 is 40.7 Å². The maximum absolute atomic E-state index is 14.3. The third kappa shape index (κ3) is 13.8. The lowest BCUT2D eigenvalue weighted by Crippen LogP contribution is -2.54. The molecular weight excluding hydrogens is 724 g/mol. The maximum atomic E-state index is 14.3. The van der Waals surface area contributed by atoms with Crippen LogP contribution in [0.15, 0.2) is 77.7 Å². The zero-order chi connectivity index (χ0) is 41.7. The summed E-state index contributed by atoms with van der Waals surface area (Å²) in [6.07, 6.45) is 0.577. The summed E-state index contributed by atoms with van der Waals surface area (Å²) in [5.74, 6) is -0.0411. The van der Waals surface area contributed by atoms with Crippen molar-refractivity contribution in [1.82, 2.24) is 35.7 Å². The van der Waals surface area contributed by atoms with E-state index in [9.17, 15) is 14.4 Å². The second-order valence-electron chi connectivity index (χ2n) is 13.7. The molecule has 14 heteroatoms. The monoisotopic (exact) mass is 780 g/mol. The Morgan fingerprint density at radius 1 is 0.944 bits per heavy atom. The van der Waals surface area contributed by atoms with E-state index in [1.807, 2.05) is 66.0 Å². The van der Waals surface area contributed by atoms with Crippen LogP contribution in [0.25, 0.3) is 0 Å². The number of amides is 4. The van der Waals surface area contributed by atoms with E-state index >= 15 is 0 Å². The fraction of sp³-hybridized carbons (Fsp3) is 0.475. The van der Waals surface area contributed by atoms with Crippen molar-refractivity contribution in [2.45, 2.75) is 83.1 Å². The van der Waals surface area contributed by atoms with Crippen molar-refractivity contribution in [3.63, 3.8) is 0 Å². The van der Waals surface area contributed by atoms with Gasteiger partial charge in [-0.25, -0.2) is 14.6 Å². The van der Waals surface area contributed by atoms with Gasteiger partial charge >= 0.3 is 12.1 Å². The van der Waals surface area contributed by atoms with E-state index in [1.54, 1.807) is 18.4 Å². The minimum atomic E-state index is -2.68. The molecule has 1 aliphatic rings. The Hall–Kier alpha value is -4.37. The number of hydrogen-bond donors (Lipinski definition) is 3. The van der Waals surface area contributed by atoms with Gasteiger partial charge in [-0.1, -0.05) is 74.5 Å². The van der Waals surface area contributed by atoms with Gasteiger partial charge in [0.05, 0.1) is 46.3 Å². The molecule has 1 aliphatic heterocycles. The second-order valence-corrected chi connectivity index (χ2v) is 15.4. The van der Waals surface area contributed by atoms with Gasteiger partial charge in [0.1, 0.15) is 12.6 Å². The summed E-state index contributed by atoms with van der Waals surface area (Å²) in [4.78, 5) is 52.9. The summed E-state index contributed by atoms with van der Waals surface area (Å²) in [6, 6.07) is 17.1. The number of morpholine rings is 1. The molecule has 3 N–H and O–H groups in total. The molecule has 1 fully saturated rings. The van der Waals surface area contributed by atoms with Crippen LogP contribution in [0.4, 0.5) is 9.59 Å². The van der Waals surface area contributed by atoms with E-state index in [0.717, 1.165) is 34.9 Å². The van der Waals surface area contributed by atoms with E-state index < -0.39 is 37.0 Å². The Balaban J connectivity index is 1.31. The standard InChI is InChI=1S/C40H53N7O5S2/c1-29(2)38-43-34(27-53-38)25-46(3)39(49)45-36(16-17-47-18-20-51-21-19-47)37(48)42-32(22-30-10-6-4-7-11-30)14-15-33(23-31-12-8-5-9-13-31)44-40(50)52-26-35-24-41-28-54-35/h4-13,24,27-29,32-33,36H,14-23,25-26H2,1-3H3,(H,42,48)(H,44,50)(H,45,49)/t32-,33-,36+/m1/s1/i24D,26+1D2,28D. The minimum Gasteiger partial charge on any atom is -0.444 e. The van der Waals surface area contributed by atoms with E-state index in [2.05, 4.69) is 44.7 Å². The Morgan fingerprint density at radius 2 is 1.59 bits per heavy atom.